The quantitative estimate of drug-likeness (QED) is 0.526. The summed E-state index contributed by atoms with van der Waals surface area (Å²) in [5, 5.41) is 9.09. The molecule has 0 aliphatic carbocycles. The number of guanidine groups is 1. The number of rotatable bonds is 7. The van der Waals surface area contributed by atoms with E-state index in [9.17, 15) is 4.79 Å². The van der Waals surface area contributed by atoms with Gasteiger partial charge in [-0.3, -0.25) is 4.79 Å². The molecule has 0 radical (unpaired) electrons. The first-order valence-electron chi connectivity index (χ1n) is 7.81. The van der Waals surface area contributed by atoms with Crippen LogP contribution in [0.5, 0.6) is 5.75 Å². The SMILES string of the molecule is CCNC(=NCc1ccccc1OC)NCC(C)(C)C(=O)NC. The Hall–Kier alpha value is -2.24. The van der Waals surface area contributed by atoms with Gasteiger partial charge in [-0.2, -0.15) is 0 Å². The van der Waals surface area contributed by atoms with Crippen molar-refractivity contribution in [1.29, 1.82) is 0 Å². The molecule has 0 aromatic heterocycles. The zero-order valence-corrected chi connectivity index (χ0v) is 14.7. The standard InChI is InChI=1S/C17H28N4O2/c1-6-19-16(21-12-17(2,3)15(22)18-4)20-11-13-9-7-8-10-14(13)23-5/h7-10H,6,11-12H2,1-5H3,(H,18,22)(H2,19,20,21). The lowest BCUT2D eigenvalue weighted by atomic mass is 9.92. The van der Waals surface area contributed by atoms with Crippen molar-refractivity contribution in [2.24, 2.45) is 10.4 Å². The number of carbonyl (C=O) groups is 1. The van der Waals surface area contributed by atoms with E-state index in [0.29, 0.717) is 19.0 Å². The first kappa shape index (κ1) is 18.8. The van der Waals surface area contributed by atoms with Crippen molar-refractivity contribution >= 4 is 11.9 Å². The average Bonchev–Trinajstić information content (AvgIpc) is 2.56. The number of carbonyl (C=O) groups excluding carboxylic acids is 1. The van der Waals surface area contributed by atoms with Crippen LogP contribution in [-0.2, 0) is 11.3 Å². The van der Waals surface area contributed by atoms with Crippen molar-refractivity contribution in [3.63, 3.8) is 0 Å². The molecule has 128 valence electrons. The van der Waals surface area contributed by atoms with E-state index in [1.807, 2.05) is 45.0 Å². The zero-order chi connectivity index (χ0) is 17.3. The Labute approximate surface area is 138 Å². The van der Waals surface area contributed by atoms with Crippen LogP contribution in [0.1, 0.15) is 26.3 Å². The summed E-state index contributed by atoms with van der Waals surface area (Å²) in [5.74, 6) is 1.48. The predicted octanol–water partition coefficient (Wildman–Crippen LogP) is 1.52. The van der Waals surface area contributed by atoms with Crippen LogP contribution in [0.4, 0.5) is 0 Å². The summed E-state index contributed by atoms with van der Waals surface area (Å²) in [6.07, 6.45) is 0. The molecule has 0 fully saturated rings. The number of nitrogens with one attached hydrogen (secondary N) is 3. The Morgan fingerprint density at radius 2 is 1.96 bits per heavy atom. The third kappa shape index (κ3) is 5.81. The Morgan fingerprint density at radius 1 is 1.26 bits per heavy atom. The summed E-state index contributed by atoms with van der Waals surface area (Å²) in [5.41, 5.74) is 0.493. The van der Waals surface area contributed by atoms with Gasteiger partial charge in [0.1, 0.15) is 5.75 Å². The normalized spacial score (nSPS) is 11.8. The van der Waals surface area contributed by atoms with Gasteiger partial charge in [0.05, 0.1) is 19.1 Å². The number of amides is 1. The minimum atomic E-state index is -0.518. The Bertz CT molecular complexity index is 541. The molecular weight excluding hydrogens is 292 g/mol. The van der Waals surface area contributed by atoms with Gasteiger partial charge in [-0.05, 0) is 26.8 Å². The Kier molecular flexibility index (Phi) is 7.38. The number of benzene rings is 1. The maximum atomic E-state index is 11.8. The van der Waals surface area contributed by atoms with Gasteiger partial charge in [0, 0.05) is 25.7 Å². The lowest BCUT2D eigenvalue weighted by molar-refractivity contribution is -0.128. The van der Waals surface area contributed by atoms with E-state index in [1.54, 1.807) is 14.2 Å². The second-order valence-electron chi connectivity index (χ2n) is 5.82. The highest BCUT2D eigenvalue weighted by Gasteiger charge is 2.26. The van der Waals surface area contributed by atoms with Gasteiger partial charge < -0.3 is 20.7 Å². The molecule has 0 aliphatic rings. The predicted molar refractivity (Wildman–Crippen MR) is 93.7 cm³/mol. The molecule has 1 aromatic rings. The van der Waals surface area contributed by atoms with Crippen LogP contribution in [-0.4, -0.2) is 39.1 Å². The highest BCUT2D eigenvalue weighted by Crippen LogP contribution is 2.18. The van der Waals surface area contributed by atoms with E-state index < -0.39 is 5.41 Å². The molecule has 1 rings (SSSR count). The number of hydrogen-bond donors (Lipinski definition) is 3. The highest BCUT2D eigenvalue weighted by atomic mass is 16.5. The second-order valence-corrected chi connectivity index (χ2v) is 5.82. The van der Waals surface area contributed by atoms with Gasteiger partial charge >= 0.3 is 0 Å². The molecule has 1 amide bonds. The van der Waals surface area contributed by atoms with Crippen molar-refractivity contribution in [3.8, 4) is 5.75 Å². The monoisotopic (exact) mass is 320 g/mol. The maximum absolute atomic E-state index is 11.8. The molecule has 0 saturated carbocycles. The minimum Gasteiger partial charge on any atom is -0.496 e. The molecule has 6 heteroatoms. The lowest BCUT2D eigenvalue weighted by Gasteiger charge is -2.24. The van der Waals surface area contributed by atoms with Gasteiger partial charge in [-0.15, -0.1) is 0 Å². The second kappa shape index (κ2) is 9.02. The van der Waals surface area contributed by atoms with Crippen LogP contribution < -0.4 is 20.7 Å². The summed E-state index contributed by atoms with van der Waals surface area (Å²) >= 11 is 0. The number of para-hydroxylation sites is 1. The van der Waals surface area contributed by atoms with Gasteiger partial charge in [-0.1, -0.05) is 18.2 Å². The highest BCUT2D eigenvalue weighted by molar-refractivity contribution is 5.84. The van der Waals surface area contributed by atoms with Crippen molar-refractivity contribution in [2.75, 3.05) is 27.2 Å². The zero-order valence-electron chi connectivity index (χ0n) is 14.7. The molecule has 6 nitrogen and oxygen atoms in total. The molecule has 0 saturated heterocycles. The van der Waals surface area contributed by atoms with Gasteiger partial charge in [0.15, 0.2) is 5.96 Å². The summed E-state index contributed by atoms with van der Waals surface area (Å²) in [4.78, 5) is 16.4. The van der Waals surface area contributed by atoms with Crippen LogP contribution >= 0.6 is 0 Å². The van der Waals surface area contributed by atoms with E-state index in [-0.39, 0.29) is 5.91 Å². The molecule has 0 heterocycles. The minimum absolute atomic E-state index is 0.00872. The number of nitrogens with zero attached hydrogens (tertiary/aromatic N) is 1. The topological polar surface area (TPSA) is 74.8 Å². The molecule has 3 N–H and O–H groups in total. The molecule has 0 spiro atoms. The third-order valence-electron chi connectivity index (χ3n) is 3.48. The van der Waals surface area contributed by atoms with Gasteiger partial charge in [0.25, 0.3) is 0 Å². The van der Waals surface area contributed by atoms with Crippen LogP contribution in [0.3, 0.4) is 0 Å². The summed E-state index contributed by atoms with van der Waals surface area (Å²) in [7, 11) is 3.29. The van der Waals surface area contributed by atoms with E-state index in [4.69, 9.17) is 4.74 Å². The Balaban J connectivity index is 2.76. The van der Waals surface area contributed by atoms with Crippen molar-refractivity contribution < 1.29 is 9.53 Å². The van der Waals surface area contributed by atoms with Crippen LogP contribution in [0.2, 0.25) is 0 Å². The third-order valence-corrected chi connectivity index (χ3v) is 3.48. The lowest BCUT2D eigenvalue weighted by Crippen LogP contribution is -2.47. The van der Waals surface area contributed by atoms with E-state index in [2.05, 4.69) is 20.9 Å². The molecule has 23 heavy (non-hydrogen) atoms. The van der Waals surface area contributed by atoms with Crippen molar-refractivity contribution in [1.82, 2.24) is 16.0 Å². The summed E-state index contributed by atoms with van der Waals surface area (Å²) < 4.78 is 5.33. The van der Waals surface area contributed by atoms with Crippen LogP contribution in [0.25, 0.3) is 0 Å². The smallest absolute Gasteiger partial charge is 0.227 e. The molecular formula is C17H28N4O2. The van der Waals surface area contributed by atoms with E-state index >= 15 is 0 Å². The number of hydrogen-bond acceptors (Lipinski definition) is 3. The fraction of sp³-hybridized carbons (Fsp3) is 0.529. The van der Waals surface area contributed by atoms with Crippen LogP contribution in [0, 0.1) is 5.41 Å². The van der Waals surface area contributed by atoms with Crippen LogP contribution in [0.15, 0.2) is 29.3 Å². The fourth-order valence-electron chi connectivity index (χ4n) is 2.06. The van der Waals surface area contributed by atoms with E-state index in [0.717, 1.165) is 17.9 Å². The van der Waals surface area contributed by atoms with Gasteiger partial charge in [-0.25, -0.2) is 4.99 Å². The summed E-state index contributed by atoms with van der Waals surface area (Å²) in [6, 6.07) is 7.80. The molecule has 1 aromatic carbocycles. The molecule has 0 bridgehead atoms. The first-order valence-corrected chi connectivity index (χ1v) is 7.81. The van der Waals surface area contributed by atoms with E-state index in [1.165, 1.54) is 0 Å². The summed E-state index contributed by atoms with van der Waals surface area (Å²) in [6.45, 7) is 7.53. The molecule has 0 atom stereocenters. The molecule has 0 unspecified atom stereocenters. The fourth-order valence-corrected chi connectivity index (χ4v) is 2.06. The largest absolute Gasteiger partial charge is 0.496 e. The van der Waals surface area contributed by atoms with Crippen molar-refractivity contribution in [2.45, 2.75) is 27.3 Å². The Morgan fingerprint density at radius 3 is 2.57 bits per heavy atom. The number of methoxy groups -OCH3 is 1. The number of aliphatic imine (C=N–C) groups is 1. The first-order chi connectivity index (χ1) is 10.9. The molecule has 0 aliphatic heterocycles. The maximum Gasteiger partial charge on any atom is 0.227 e. The number of ether oxygens (including phenoxy) is 1. The van der Waals surface area contributed by atoms with Crippen molar-refractivity contribution in [3.05, 3.63) is 29.8 Å². The van der Waals surface area contributed by atoms with Gasteiger partial charge in [0.2, 0.25) is 5.91 Å². The average molecular weight is 320 g/mol.